The molecule has 1 heterocycles. The van der Waals surface area contributed by atoms with E-state index in [1.807, 2.05) is 6.07 Å². The Morgan fingerprint density at radius 2 is 1.77 bits per heavy atom. The molecule has 2 unspecified atom stereocenters. The fourth-order valence-electron chi connectivity index (χ4n) is 3.14. The van der Waals surface area contributed by atoms with Crippen LogP contribution >= 0.6 is 11.6 Å². The first-order chi connectivity index (χ1) is 10.2. The zero-order chi connectivity index (χ0) is 16.5. The minimum Gasteiger partial charge on any atom is -0.361 e. The maximum absolute atomic E-state index is 12.9. The fraction of sp³-hybridized carbons (Fsp3) is 0.611. The average molecular weight is 338 g/mol. The first-order valence-electron chi connectivity index (χ1n) is 8.16. The van der Waals surface area contributed by atoms with Gasteiger partial charge in [0.15, 0.2) is 8.24 Å². The molecule has 0 aromatic heterocycles. The Hall–Kier alpha value is -0.803. The number of β-lactam (4-membered cyclic amide) rings is 1. The normalized spacial score (nSPS) is 22.6. The Balaban J connectivity index is 2.35. The van der Waals surface area contributed by atoms with E-state index in [9.17, 15) is 4.79 Å². The van der Waals surface area contributed by atoms with Crippen LogP contribution in [-0.4, -0.2) is 24.6 Å². The van der Waals surface area contributed by atoms with E-state index in [4.69, 9.17) is 11.6 Å². The van der Waals surface area contributed by atoms with Crippen molar-refractivity contribution in [3.63, 3.8) is 0 Å². The molecule has 1 amide bonds. The smallest absolute Gasteiger partial charge is 0.220 e. The molecule has 0 radical (unpaired) electrons. The lowest BCUT2D eigenvalue weighted by Crippen LogP contribution is -2.68. The number of carbonyl (C=O) groups excluding carboxylic acids is 1. The lowest BCUT2D eigenvalue weighted by atomic mass is 9.82. The summed E-state index contributed by atoms with van der Waals surface area (Å²) >= 11 is 5.85. The van der Waals surface area contributed by atoms with Crippen molar-refractivity contribution in [3.05, 3.63) is 35.9 Å². The molecule has 1 saturated heterocycles. The molecule has 2 atom stereocenters. The summed E-state index contributed by atoms with van der Waals surface area (Å²) in [5, 5.41) is 0.160. The zero-order valence-corrected chi connectivity index (χ0v) is 16.2. The number of carbonyl (C=O) groups is 1. The van der Waals surface area contributed by atoms with Crippen molar-refractivity contribution in [2.24, 2.45) is 5.92 Å². The average Bonchev–Trinajstić information content (AvgIpc) is 2.44. The predicted molar refractivity (Wildman–Crippen MR) is 96.7 cm³/mol. The third-order valence-electron chi connectivity index (χ3n) is 5.44. The number of benzene rings is 1. The van der Waals surface area contributed by atoms with E-state index in [2.05, 4.69) is 62.7 Å². The number of hydrogen-bond donors (Lipinski definition) is 0. The van der Waals surface area contributed by atoms with Crippen molar-refractivity contribution in [2.75, 3.05) is 5.88 Å². The van der Waals surface area contributed by atoms with E-state index in [1.165, 1.54) is 5.56 Å². The molecule has 1 aromatic carbocycles. The maximum atomic E-state index is 12.9. The van der Waals surface area contributed by atoms with E-state index in [1.54, 1.807) is 0 Å². The topological polar surface area (TPSA) is 20.3 Å². The van der Waals surface area contributed by atoms with Gasteiger partial charge in [-0.05, 0) is 23.4 Å². The van der Waals surface area contributed by atoms with Gasteiger partial charge in [0.25, 0.3) is 0 Å². The Bertz CT molecular complexity index is 524. The van der Waals surface area contributed by atoms with Crippen molar-refractivity contribution in [1.82, 2.24) is 4.57 Å². The van der Waals surface area contributed by atoms with Crippen molar-refractivity contribution in [2.45, 2.75) is 57.8 Å². The van der Waals surface area contributed by atoms with Gasteiger partial charge in [-0.2, -0.15) is 0 Å². The number of hydrogen-bond acceptors (Lipinski definition) is 1. The highest BCUT2D eigenvalue weighted by Crippen LogP contribution is 2.51. The second-order valence-electron chi connectivity index (χ2n) is 7.81. The molecule has 122 valence electrons. The van der Waals surface area contributed by atoms with Crippen LogP contribution in [0.3, 0.4) is 0 Å². The summed E-state index contributed by atoms with van der Waals surface area (Å²) in [4.78, 5) is 12.9. The van der Waals surface area contributed by atoms with Gasteiger partial charge in [0.1, 0.15) is 0 Å². The molecule has 0 N–H and O–H groups in total. The molecule has 0 saturated carbocycles. The minimum atomic E-state index is -1.86. The number of halogens is 1. The molecule has 1 aliphatic rings. The zero-order valence-electron chi connectivity index (χ0n) is 14.4. The summed E-state index contributed by atoms with van der Waals surface area (Å²) in [5.41, 5.74) is 1.27. The second kappa shape index (κ2) is 6.36. The molecule has 22 heavy (non-hydrogen) atoms. The van der Waals surface area contributed by atoms with Gasteiger partial charge in [-0.3, -0.25) is 4.79 Å². The largest absolute Gasteiger partial charge is 0.361 e. The molecule has 1 aliphatic heterocycles. The van der Waals surface area contributed by atoms with E-state index < -0.39 is 8.24 Å². The van der Waals surface area contributed by atoms with Gasteiger partial charge in [-0.1, -0.05) is 64.2 Å². The van der Waals surface area contributed by atoms with Crippen LogP contribution in [0.25, 0.3) is 0 Å². The van der Waals surface area contributed by atoms with E-state index >= 15 is 0 Å². The van der Waals surface area contributed by atoms with Gasteiger partial charge in [0.05, 0.1) is 12.0 Å². The van der Waals surface area contributed by atoms with Gasteiger partial charge in [-0.25, -0.2) is 0 Å². The monoisotopic (exact) mass is 337 g/mol. The van der Waals surface area contributed by atoms with E-state index in [0.29, 0.717) is 11.8 Å². The lowest BCUT2D eigenvalue weighted by Gasteiger charge is -2.58. The number of nitrogens with zero attached hydrogens (tertiary/aromatic N) is 1. The summed E-state index contributed by atoms with van der Waals surface area (Å²) < 4.78 is 2.24. The number of amides is 1. The van der Waals surface area contributed by atoms with Crippen LogP contribution in [0.2, 0.25) is 18.1 Å². The fourth-order valence-corrected chi connectivity index (χ4v) is 5.76. The van der Waals surface area contributed by atoms with Crippen LogP contribution in [0.15, 0.2) is 30.3 Å². The van der Waals surface area contributed by atoms with Crippen molar-refractivity contribution in [1.29, 1.82) is 0 Å². The van der Waals surface area contributed by atoms with E-state index in [-0.39, 0.29) is 17.0 Å². The summed E-state index contributed by atoms with van der Waals surface area (Å²) in [6, 6.07) is 10.7. The standard InChI is InChI=1S/C18H28ClNOSi/c1-18(2,3)22(4,5)20-16(14-10-7-6-8-11-14)15(17(20)21)12-9-13-19/h6-8,10-11,15-16H,9,12-13H2,1-5H3. The molecule has 0 spiro atoms. The summed E-state index contributed by atoms with van der Waals surface area (Å²) in [6.07, 6.45) is 1.81. The molecular formula is C18H28ClNOSi. The summed E-state index contributed by atoms with van der Waals surface area (Å²) in [7, 11) is -1.86. The third-order valence-corrected chi connectivity index (χ3v) is 11.1. The molecule has 0 aliphatic carbocycles. The van der Waals surface area contributed by atoms with Gasteiger partial charge in [0.2, 0.25) is 5.91 Å². The van der Waals surface area contributed by atoms with Crippen molar-refractivity contribution in [3.8, 4) is 0 Å². The van der Waals surface area contributed by atoms with E-state index in [0.717, 1.165) is 12.8 Å². The molecule has 2 rings (SSSR count). The Kier molecular flexibility index (Phi) is 5.08. The Morgan fingerprint density at radius 3 is 2.27 bits per heavy atom. The van der Waals surface area contributed by atoms with Gasteiger partial charge >= 0.3 is 0 Å². The first kappa shape index (κ1) is 17.5. The number of rotatable bonds is 5. The Labute approximate surface area is 140 Å². The van der Waals surface area contributed by atoms with Crippen LogP contribution in [0, 0.1) is 5.92 Å². The molecule has 1 aromatic rings. The molecule has 1 fully saturated rings. The SMILES string of the molecule is CC(C)(C)[Si](C)(C)N1C(=O)C(CCCCl)C1c1ccccc1. The third kappa shape index (κ3) is 2.98. The van der Waals surface area contributed by atoms with Crippen molar-refractivity contribution < 1.29 is 4.79 Å². The van der Waals surface area contributed by atoms with Gasteiger partial charge in [0, 0.05) is 5.88 Å². The van der Waals surface area contributed by atoms with Gasteiger partial charge < -0.3 is 4.57 Å². The van der Waals surface area contributed by atoms with Crippen LogP contribution in [0.1, 0.15) is 45.2 Å². The lowest BCUT2D eigenvalue weighted by molar-refractivity contribution is -0.149. The first-order valence-corrected chi connectivity index (χ1v) is 11.6. The summed E-state index contributed by atoms with van der Waals surface area (Å²) in [6.45, 7) is 11.4. The molecule has 4 heteroatoms. The maximum Gasteiger partial charge on any atom is 0.220 e. The molecule has 0 bridgehead atoms. The predicted octanol–water partition coefficient (Wildman–Crippen LogP) is 5.21. The highest BCUT2D eigenvalue weighted by atomic mass is 35.5. The molecular weight excluding hydrogens is 310 g/mol. The highest BCUT2D eigenvalue weighted by Gasteiger charge is 2.57. The van der Waals surface area contributed by atoms with Crippen LogP contribution < -0.4 is 0 Å². The quantitative estimate of drug-likeness (QED) is 0.410. The summed E-state index contributed by atoms with van der Waals surface area (Å²) in [5.74, 6) is 1.08. The van der Waals surface area contributed by atoms with Crippen LogP contribution in [0.4, 0.5) is 0 Å². The second-order valence-corrected chi connectivity index (χ2v) is 13.3. The van der Waals surface area contributed by atoms with Crippen LogP contribution in [-0.2, 0) is 4.79 Å². The van der Waals surface area contributed by atoms with Gasteiger partial charge in [-0.15, -0.1) is 11.6 Å². The van der Waals surface area contributed by atoms with Crippen LogP contribution in [0.5, 0.6) is 0 Å². The van der Waals surface area contributed by atoms with Crippen molar-refractivity contribution >= 4 is 25.7 Å². The Morgan fingerprint density at radius 1 is 1.18 bits per heavy atom. The minimum absolute atomic E-state index is 0.107. The molecule has 2 nitrogen and oxygen atoms in total. The highest BCUT2D eigenvalue weighted by molar-refractivity contribution is 6.80. The number of alkyl halides is 1.